The predicted molar refractivity (Wildman–Crippen MR) is 130 cm³/mol. The van der Waals surface area contributed by atoms with E-state index < -0.39 is 0 Å². The number of amides is 2. The quantitative estimate of drug-likeness (QED) is 0.644. The lowest BCUT2D eigenvalue weighted by atomic mass is 9.51. The molecule has 7 heteroatoms. The van der Waals surface area contributed by atoms with Crippen LogP contribution in [0.1, 0.15) is 63.1 Å². The van der Waals surface area contributed by atoms with E-state index in [-0.39, 0.29) is 18.2 Å². The van der Waals surface area contributed by atoms with Gasteiger partial charge in [-0.05, 0) is 55.2 Å². The number of fused-ring (bicyclic) bond motifs is 1. The second-order valence-corrected chi connectivity index (χ2v) is 10.6. The Morgan fingerprint density at radius 3 is 2.76 bits per heavy atom. The molecule has 2 N–H and O–H groups in total. The fourth-order valence-corrected chi connectivity index (χ4v) is 6.02. The van der Waals surface area contributed by atoms with Gasteiger partial charge in [0.05, 0.1) is 12.1 Å². The Morgan fingerprint density at radius 1 is 1.30 bits per heavy atom. The summed E-state index contributed by atoms with van der Waals surface area (Å²) in [4.78, 5) is 32.3. The number of nitrogens with one attached hydrogen (secondary N) is 2. The molecule has 2 fully saturated rings. The molecule has 0 bridgehead atoms. The zero-order valence-corrected chi connectivity index (χ0v) is 20.7. The van der Waals surface area contributed by atoms with Gasteiger partial charge in [0.2, 0.25) is 5.91 Å². The van der Waals surface area contributed by atoms with Crippen LogP contribution in [0.5, 0.6) is 0 Å². The van der Waals surface area contributed by atoms with E-state index in [4.69, 9.17) is 0 Å². The third kappa shape index (κ3) is 4.65. The fourth-order valence-electron chi connectivity index (χ4n) is 6.02. The zero-order chi connectivity index (χ0) is 23.8. The Kier molecular flexibility index (Phi) is 6.80. The molecular weight excluding hydrogens is 414 g/mol. The SMILES string of the molecule is CC[C@@H]1C[C@H]([C@@H](C)CNC(=O)c2cccc3nc(CC(=O)N4CCC(NC)C4)cn23)C1(C)C. The smallest absolute Gasteiger partial charge is 0.268 e. The van der Waals surface area contributed by atoms with Gasteiger partial charge < -0.3 is 15.5 Å². The van der Waals surface area contributed by atoms with E-state index in [0.717, 1.165) is 25.4 Å². The largest absolute Gasteiger partial charge is 0.350 e. The van der Waals surface area contributed by atoms with Gasteiger partial charge in [-0.1, -0.05) is 40.2 Å². The molecule has 2 amide bonds. The van der Waals surface area contributed by atoms with Crippen molar-refractivity contribution in [2.75, 3.05) is 26.7 Å². The van der Waals surface area contributed by atoms with E-state index in [1.807, 2.05) is 40.7 Å². The van der Waals surface area contributed by atoms with Crippen LogP contribution in [0.2, 0.25) is 0 Å². The number of hydrogen-bond acceptors (Lipinski definition) is 4. The number of carbonyl (C=O) groups is 2. The highest BCUT2D eigenvalue weighted by molar-refractivity contribution is 5.93. The van der Waals surface area contributed by atoms with Crippen LogP contribution in [0.25, 0.3) is 5.65 Å². The summed E-state index contributed by atoms with van der Waals surface area (Å²) in [5, 5.41) is 6.39. The average Bonchev–Trinajstić information content (AvgIpc) is 3.43. The van der Waals surface area contributed by atoms with Gasteiger partial charge in [-0.15, -0.1) is 0 Å². The molecule has 2 aromatic heterocycles. The lowest BCUT2D eigenvalue weighted by Gasteiger charge is -2.55. The molecule has 1 saturated heterocycles. The second-order valence-electron chi connectivity index (χ2n) is 10.6. The van der Waals surface area contributed by atoms with Gasteiger partial charge >= 0.3 is 0 Å². The van der Waals surface area contributed by atoms with Gasteiger partial charge in [0.25, 0.3) is 5.91 Å². The average molecular weight is 454 g/mol. The van der Waals surface area contributed by atoms with Crippen molar-refractivity contribution in [3.63, 3.8) is 0 Å². The minimum Gasteiger partial charge on any atom is -0.350 e. The Balaban J connectivity index is 1.39. The van der Waals surface area contributed by atoms with Crippen molar-refractivity contribution in [1.29, 1.82) is 0 Å². The van der Waals surface area contributed by atoms with E-state index in [2.05, 4.69) is 43.3 Å². The summed E-state index contributed by atoms with van der Waals surface area (Å²) in [6.45, 7) is 11.4. The molecule has 2 aliphatic rings. The van der Waals surface area contributed by atoms with Gasteiger partial charge in [-0.2, -0.15) is 0 Å². The molecule has 1 aliphatic heterocycles. The molecule has 7 nitrogen and oxygen atoms in total. The highest BCUT2D eigenvalue weighted by Gasteiger charge is 2.48. The molecular formula is C26H39N5O2. The maximum absolute atomic E-state index is 13.0. The Morgan fingerprint density at radius 2 is 2.09 bits per heavy atom. The number of hydrogen-bond donors (Lipinski definition) is 2. The van der Waals surface area contributed by atoms with Crippen molar-refractivity contribution in [3.8, 4) is 0 Å². The van der Waals surface area contributed by atoms with Crippen LogP contribution in [0.3, 0.4) is 0 Å². The maximum atomic E-state index is 13.0. The summed E-state index contributed by atoms with van der Waals surface area (Å²) < 4.78 is 1.81. The highest BCUT2D eigenvalue weighted by Crippen LogP contribution is 2.55. The third-order valence-corrected chi connectivity index (χ3v) is 8.37. The summed E-state index contributed by atoms with van der Waals surface area (Å²) >= 11 is 0. The first kappa shape index (κ1) is 23.7. The van der Waals surface area contributed by atoms with Gasteiger partial charge in [0, 0.05) is 31.9 Å². The molecule has 1 unspecified atom stereocenters. The first-order valence-corrected chi connectivity index (χ1v) is 12.4. The topological polar surface area (TPSA) is 78.7 Å². The number of likely N-dealkylation sites (N-methyl/N-ethyl adjacent to an activating group) is 1. The normalized spacial score (nSPS) is 25.1. The minimum absolute atomic E-state index is 0.0875. The molecule has 1 aliphatic carbocycles. The summed E-state index contributed by atoms with van der Waals surface area (Å²) in [6, 6.07) is 5.91. The molecule has 0 radical (unpaired) electrons. The van der Waals surface area contributed by atoms with Gasteiger partial charge in [0.1, 0.15) is 11.3 Å². The van der Waals surface area contributed by atoms with Crippen LogP contribution >= 0.6 is 0 Å². The molecule has 4 rings (SSSR count). The number of pyridine rings is 1. The van der Waals surface area contributed by atoms with Gasteiger partial charge in [0.15, 0.2) is 0 Å². The van der Waals surface area contributed by atoms with Gasteiger partial charge in [-0.25, -0.2) is 4.98 Å². The number of aromatic nitrogens is 2. The van der Waals surface area contributed by atoms with Crippen molar-refractivity contribution < 1.29 is 9.59 Å². The van der Waals surface area contributed by atoms with Crippen LogP contribution in [-0.4, -0.2) is 58.8 Å². The third-order valence-electron chi connectivity index (χ3n) is 8.37. The monoisotopic (exact) mass is 453 g/mol. The Bertz CT molecular complexity index is 1010. The molecule has 2 aromatic rings. The molecule has 4 atom stereocenters. The highest BCUT2D eigenvalue weighted by atomic mass is 16.2. The van der Waals surface area contributed by atoms with Crippen molar-refractivity contribution >= 4 is 17.5 Å². The number of likely N-dealkylation sites (tertiary alicyclic amines) is 1. The summed E-state index contributed by atoms with van der Waals surface area (Å²) in [7, 11) is 1.93. The molecule has 1 saturated carbocycles. The van der Waals surface area contributed by atoms with E-state index in [0.29, 0.717) is 46.9 Å². The fraction of sp³-hybridized carbons (Fsp3) is 0.654. The predicted octanol–water partition coefficient (Wildman–Crippen LogP) is 3.14. The van der Waals surface area contributed by atoms with Crippen LogP contribution < -0.4 is 10.6 Å². The van der Waals surface area contributed by atoms with Crippen LogP contribution in [0.4, 0.5) is 0 Å². The first-order valence-electron chi connectivity index (χ1n) is 12.4. The lowest BCUT2D eigenvalue weighted by molar-refractivity contribution is -0.129. The number of carbonyl (C=O) groups excluding carboxylic acids is 2. The molecule has 33 heavy (non-hydrogen) atoms. The van der Waals surface area contributed by atoms with Crippen molar-refractivity contribution in [2.45, 2.75) is 59.4 Å². The summed E-state index contributed by atoms with van der Waals surface area (Å²) in [6.07, 6.45) is 5.54. The molecule has 0 aromatic carbocycles. The number of nitrogens with zero attached hydrogens (tertiary/aromatic N) is 3. The zero-order valence-electron chi connectivity index (χ0n) is 20.7. The van der Waals surface area contributed by atoms with Gasteiger partial charge in [-0.3, -0.25) is 14.0 Å². The van der Waals surface area contributed by atoms with E-state index >= 15 is 0 Å². The van der Waals surface area contributed by atoms with E-state index in [9.17, 15) is 9.59 Å². The summed E-state index contributed by atoms with van der Waals surface area (Å²) in [5.41, 5.74) is 2.29. The molecule has 3 heterocycles. The number of imidazole rings is 1. The summed E-state index contributed by atoms with van der Waals surface area (Å²) in [5.74, 6) is 1.85. The van der Waals surface area contributed by atoms with Crippen LogP contribution in [0.15, 0.2) is 24.4 Å². The van der Waals surface area contributed by atoms with Crippen molar-refractivity contribution in [3.05, 3.63) is 35.8 Å². The second kappa shape index (κ2) is 9.45. The van der Waals surface area contributed by atoms with Crippen LogP contribution in [0, 0.1) is 23.2 Å². The molecule has 180 valence electrons. The maximum Gasteiger partial charge on any atom is 0.268 e. The van der Waals surface area contributed by atoms with Crippen molar-refractivity contribution in [1.82, 2.24) is 24.9 Å². The first-order chi connectivity index (χ1) is 15.7. The lowest BCUT2D eigenvalue weighted by Crippen LogP contribution is -2.49. The number of rotatable bonds is 8. The standard InChI is InChI=1S/C26H39N5O2/c1-6-18-12-21(26(18,3)4)17(2)14-28-25(33)22-8-7-9-23-29-20(16-31(22)23)13-24(32)30-11-10-19(15-30)27-5/h7-9,16-19,21,27H,6,10-15H2,1-5H3,(H,28,33)/t17-,18+,19?,21+/m0/s1. The molecule has 0 spiro atoms. The van der Waals surface area contributed by atoms with E-state index in [1.165, 1.54) is 12.8 Å². The Labute approximate surface area is 197 Å². The van der Waals surface area contributed by atoms with E-state index in [1.54, 1.807) is 0 Å². The Hall–Kier alpha value is -2.41. The van der Waals surface area contributed by atoms with Crippen LogP contribution in [-0.2, 0) is 11.2 Å². The minimum atomic E-state index is -0.0942. The van der Waals surface area contributed by atoms with Crippen molar-refractivity contribution in [2.24, 2.45) is 23.2 Å².